The van der Waals surface area contributed by atoms with Crippen molar-refractivity contribution in [2.45, 2.75) is 6.92 Å². The van der Waals surface area contributed by atoms with Crippen LogP contribution in [-0.4, -0.2) is 38.7 Å². The van der Waals surface area contributed by atoms with E-state index in [1.165, 1.54) is 36.4 Å². The van der Waals surface area contributed by atoms with E-state index in [4.69, 9.17) is 13.9 Å². The van der Waals surface area contributed by atoms with Gasteiger partial charge in [-0.1, -0.05) is 72.8 Å². The minimum atomic E-state index is -0.669. The number of hydrogen-bond donors (Lipinski definition) is 2. The molecule has 7 aromatic rings. The summed E-state index contributed by atoms with van der Waals surface area (Å²) in [6.07, 6.45) is 0. The van der Waals surface area contributed by atoms with Gasteiger partial charge in [0.2, 0.25) is 5.89 Å². The Hall–Kier alpha value is -7.59. The first-order valence-electron chi connectivity index (χ1n) is 16.6. The highest BCUT2D eigenvalue weighted by Crippen LogP contribution is 2.32. The van der Waals surface area contributed by atoms with Crippen LogP contribution in [0.25, 0.3) is 22.8 Å². The van der Waals surface area contributed by atoms with E-state index in [1.807, 2.05) is 0 Å². The van der Waals surface area contributed by atoms with Gasteiger partial charge in [-0.15, -0.1) is 0 Å². The number of phenolic OH excluding ortho intramolecular Hbond substituents is 2. The zero-order valence-corrected chi connectivity index (χ0v) is 28.6. The number of nitrogens with zero attached hydrogens (tertiary/aromatic N) is 1. The number of phenols is 2. The lowest BCUT2D eigenvalue weighted by Gasteiger charge is -2.08. The van der Waals surface area contributed by atoms with Crippen LogP contribution in [0, 0.1) is 6.92 Å². The van der Waals surface area contributed by atoms with E-state index >= 15 is 0 Å². The molecule has 0 radical (unpaired) electrons. The minimum absolute atomic E-state index is 0.0728. The van der Waals surface area contributed by atoms with Gasteiger partial charge in [0.1, 0.15) is 23.0 Å². The second-order valence-electron chi connectivity index (χ2n) is 12.1. The van der Waals surface area contributed by atoms with Crippen molar-refractivity contribution in [2.75, 3.05) is 0 Å². The van der Waals surface area contributed by atoms with Crippen LogP contribution in [0.3, 0.4) is 0 Å². The summed E-state index contributed by atoms with van der Waals surface area (Å²) in [6.45, 7) is 1.78. The summed E-state index contributed by atoms with van der Waals surface area (Å²) in [6, 6.07) is 38.2. The molecule has 6 aromatic carbocycles. The highest BCUT2D eigenvalue weighted by atomic mass is 16.5. The normalized spacial score (nSPS) is 10.8. The van der Waals surface area contributed by atoms with Gasteiger partial charge < -0.3 is 24.1 Å². The van der Waals surface area contributed by atoms with Gasteiger partial charge in [-0.05, 0) is 67.6 Å². The molecule has 0 aliphatic carbocycles. The Kier molecular flexibility index (Phi) is 9.64. The molecule has 0 aliphatic heterocycles. The van der Waals surface area contributed by atoms with Gasteiger partial charge in [-0.3, -0.25) is 9.59 Å². The molecule has 0 aliphatic rings. The van der Waals surface area contributed by atoms with Crippen molar-refractivity contribution in [3.63, 3.8) is 0 Å². The third kappa shape index (κ3) is 7.39. The van der Waals surface area contributed by atoms with Gasteiger partial charge in [0.15, 0.2) is 17.3 Å². The number of hydrogen-bond acceptors (Lipinski definition) is 10. The molecular formula is C44H29NO9. The van der Waals surface area contributed by atoms with Crippen LogP contribution in [0.15, 0.2) is 150 Å². The number of benzene rings is 6. The molecule has 0 amide bonds. The minimum Gasteiger partial charge on any atom is -0.507 e. The van der Waals surface area contributed by atoms with Crippen LogP contribution in [0.5, 0.6) is 23.0 Å². The molecule has 0 saturated carbocycles. The number of carbonyl (C=O) groups is 4. The molecule has 7 rings (SSSR count). The zero-order valence-electron chi connectivity index (χ0n) is 28.6. The number of esters is 2. The van der Waals surface area contributed by atoms with Crippen molar-refractivity contribution >= 4 is 23.5 Å². The summed E-state index contributed by atoms with van der Waals surface area (Å²) >= 11 is 0. The highest BCUT2D eigenvalue weighted by molar-refractivity contribution is 6.11. The van der Waals surface area contributed by atoms with Crippen molar-refractivity contribution in [2.24, 2.45) is 0 Å². The monoisotopic (exact) mass is 715 g/mol. The fourth-order valence-corrected chi connectivity index (χ4v) is 5.65. The first-order chi connectivity index (χ1) is 26.1. The number of ketones is 2. The van der Waals surface area contributed by atoms with E-state index in [0.29, 0.717) is 39.6 Å². The molecule has 0 bridgehead atoms. The molecule has 0 atom stereocenters. The molecule has 2 N–H and O–H groups in total. The number of ether oxygens (including phenoxy) is 2. The van der Waals surface area contributed by atoms with Crippen LogP contribution in [0.1, 0.15) is 58.3 Å². The number of oxazole rings is 1. The molecule has 0 fully saturated rings. The topological polar surface area (TPSA) is 153 Å². The van der Waals surface area contributed by atoms with Crippen molar-refractivity contribution < 1.29 is 43.3 Å². The maximum atomic E-state index is 12.9. The fraction of sp³-hybridized carbons (Fsp3) is 0.0227. The Morgan fingerprint density at radius 3 is 1.37 bits per heavy atom. The Balaban J connectivity index is 0.982. The lowest BCUT2D eigenvalue weighted by atomic mass is 10.0. The summed E-state index contributed by atoms with van der Waals surface area (Å²) < 4.78 is 17.0. The van der Waals surface area contributed by atoms with Crippen molar-refractivity contribution in [1.82, 2.24) is 4.98 Å². The average Bonchev–Trinajstić information content (AvgIpc) is 3.59. The molecule has 1 heterocycles. The van der Waals surface area contributed by atoms with Gasteiger partial charge in [0.05, 0.1) is 27.9 Å². The van der Waals surface area contributed by atoms with E-state index < -0.39 is 11.9 Å². The van der Waals surface area contributed by atoms with Crippen LogP contribution in [-0.2, 0) is 0 Å². The van der Waals surface area contributed by atoms with Gasteiger partial charge in [0.25, 0.3) is 0 Å². The van der Waals surface area contributed by atoms with Crippen LogP contribution in [0.4, 0.5) is 0 Å². The van der Waals surface area contributed by atoms with Gasteiger partial charge in [-0.25, -0.2) is 14.6 Å². The first-order valence-corrected chi connectivity index (χ1v) is 16.6. The lowest BCUT2D eigenvalue weighted by molar-refractivity contribution is 0.0724. The van der Waals surface area contributed by atoms with Crippen LogP contribution in [0.2, 0.25) is 0 Å². The number of aromatic hydroxyl groups is 2. The third-order valence-corrected chi connectivity index (χ3v) is 8.47. The predicted molar refractivity (Wildman–Crippen MR) is 198 cm³/mol. The van der Waals surface area contributed by atoms with Gasteiger partial charge in [0, 0.05) is 34.4 Å². The number of rotatable bonds is 10. The SMILES string of the molecule is Cc1nc(-c2ccc(C(=O)Oc3ccc(C(=O)c4ccccc4)c(O)c3)cc2)oc1-c1ccc(C(=O)Oc2ccc(C(=O)c3ccccc3)c(O)c2)cc1. The van der Waals surface area contributed by atoms with E-state index in [0.717, 1.165) is 0 Å². The Morgan fingerprint density at radius 2 is 0.944 bits per heavy atom. The molecule has 0 saturated heterocycles. The molecule has 264 valence electrons. The second kappa shape index (κ2) is 14.9. The number of aromatic nitrogens is 1. The third-order valence-electron chi connectivity index (χ3n) is 8.47. The molecule has 0 unspecified atom stereocenters. The summed E-state index contributed by atoms with van der Waals surface area (Å²) in [7, 11) is 0. The van der Waals surface area contributed by atoms with Crippen LogP contribution >= 0.6 is 0 Å². The van der Waals surface area contributed by atoms with E-state index in [9.17, 15) is 29.4 Å². The number of carbonyl (C=O) groups excluding carboxylic acids is 4. The van der Waals surface area contributed by atoms with E-state index in [2.05, 4.69) is 4.98 Å². The van der Waals surface area contributed by atoms with Crippen molar-refractivity contribution in [1.29, 1.82) is 0 Å². The van der Waals surface area contributed by atoms with E-state index in [1.54, 1.807) is 116 Å². The largest absolute Gasteiger partial charge is 0.507 e. The fourth-order valence-electron chi connectivity index (χ4n) is 5.65. The second-order valence-corrected chi connectivity index (χ2v) is 12.1. The lowest BCUT2D eigenvalue weighted by Crippen LogP contribution is -2.09. The summed E-state index contributed by atoms with van der Waals surface area (Å²) in [5.74, 6) is -1.73. The smallest absolute Gasteiger partial charge is 0.343 e. The number of aryl methyl sites for hydroxylation is 1. The molecule has 54 heavy (non-hydrogen) atoms. The maximum absolute atomic E-state index is 12.9. The first kappa shape index (κ1) is 34.8. The maximum Gasteiger partial charge on any atom is 0.343 e. The van der Waals surface area contributed by atoms with Crippen LogP contribution < -0.4 is 9.47 Å². The van der Waals surface area contributed by atoms with Crippen molar-refractivity contribution in [3.8, 4) is 45.8 Å². The summed E-state index contributed by atoms with van der Waals surface area (Å²) in [5.41, 5.74) is 3.35. The summed E-state index contributed by atoms with van der Waals surface area (Å²) in [5, 5.41) is 20.9. The quantitative estimate of drug-likeness (QED) is 0.0799. The Bertz CT molecular complexity index is 2520. The predicted octanol–water partition coefficient (Wildman–Crippen LogP) is 8.63. The van der Waals surface area contributed by atoms with Gasteiger partial charge >= 0.3 is 11.9 Å². The molecule has 0 spiro atoms. The molecule has 1 aromatic heterocycles. The Labute approximate surface area is 308 Å². The van der Waals surface area contributed by atoms with E-state index in [-0.39, 0.29) is 56.8 Å². The Morgan fingerprint density at radius 1 is 0.519 bits per heavy atom. The molecule has 10 heteroatoms. The van der Waals surface area contributed by atoms with Crippen molar-refractivity contribution in [3.05, 3.63) is 185 Å². The summed E-state index contributed by atoms with van der Waals surface area (Å²) in [4.78, 5) is 55.7. The molecular weight excluding hydrogens is 686 g/mol. The molecule has 10 nitrogen and oxygen atoms in total. The van der Waals surface area contributed by atoms with Gasteiger partial charge in [-0.2, -0.15) is 0 Å². The standard InChI is InChI=1S/C44H29NO9/c1-26-41(29-12-16-31(17-13-29)43(50)52-33-20-22-35(37(46)24-33)39(48)27-8-4-2-5-9-27)54-42(45-26)30-14-18-32(19-15-30)44(51)53-34-21-23-36(38(47)25-34)40(49)28-10-6-3-7-11-28/h2-25,46-47H,1H3. The average molecular weight is 716 g/mol. The zero-order chi connectivity index (χ0) is 37.8. The highest BCUT2D eigenvalue weighted by Gasteiger charge is 2.19.